The van der Waals surface area contributed by atoms with Crippen LogP contribution in [0.2, 0.25) is 0 Å². The molecule has 3 aromatic rings. The van der Waals surface area contributed by atoms with Crippen LogP contribution in [0.1, 0.15) is 34.0 Å². The Balaban J connectivity index is 1.53. The predicted octanol–water partition coefficient (Wildman–Crippen LogP) is 3.26. The van der Waals surface area contributed by atoms with E-state index in [-0.39, 0.29) is 19.1 Å². The number of hydrogen-bond acceptors (Lipinski definition) is 6. The van der Waals surface area contributed by atoms with Crippen LogP contribution in [0.5, 0.6) is 0 Å². The first-order valence-electron chi connectivity index (χ1n) is 11.9. The molecule has 9 nitrogen and oxygen atoms in total. The second-order valence-electron chi connectivity index (χ2n) is 8.33. The number of pyridine rings is 1. The number of amides is 3. The lowest BCUT2D eigenvalue weighted by Crippen LogP contribution is -2.35. The fourth-order valence-electron chi connectivity index (χ4n) is 4.09. The number of anilines is 2. The summed E-state index contributed by atoms with van der Waals surface area (Å²) in [5, 5.41) is 8.10. The third kappa shape index (κ3) is 6.38. The van der Waals surface area contributed by atoms with Crippen molar-refractivity contribution in [2.75, 3.05) is 29.9 Å². The Labute approximate surface area is 209 Å². The fraction of sp³-hybridized carbons (Fsp3) is 0.259. The van der Waals surface area contributed by atoms with Gasteiger partial charge in [0.05, 0.1) is 12.2 Å². The van der Waals surface area contributed by atoms with Gasteiger partial charge in [0.25, 0.3) is 5.91 Å². The monoisotopic (exact) mass is 487 g/mol. The second kappa shape index (κ2) is 11.8. The maximum atomic E-state index is 13.3. The van der Waals surface area contributed by atoms with Crippen LogP contribution in [-0.4, -0.2) is 42.6 Å². The van der Waals surface area contributed by atoms with Crippen molar-refractivity contribution < 1.29 is 19.1 Å². The largest absolute Gasteiger partial charge is 0.465 e. The van der Waals surface area contributed by atoms with Crippen LogP contribution in [0, 0.1) is 0 Å². The van der Waals surface area contributed by atoms with Gasteiger partial charge in [-0.3, -0.25) is 14.6 Å². The van der Waals surface area contributed by atoms with Crippen molar-refractivity contribution in [2.45, 2.75) is 26.4 Å². The molecule has 1 aliphatic heterocycles. The number of carbonyl (C=O) groups excluding carboxylic acids is 3. The number of rotatable bonds is 8. The molecule has 2 aromatic carbocycles. The van der Waals surface area contributed by atoms with Crippen LogP contribution in [-0.2, 0) is 29.0 Å². The molecule has 0 spiro atoms. The molecule has 9 heteroatoms. The predicted molar refractivity (Wildman–Crippen MR) is 137 cm³/mol. The van der Waals surface area contributed by atoms with Gasteiger partial charge in [0.1, 0.15) is 6.54 Å². The quantitative estimate of drug-likeness (QED) is 0.421. The minimum atomic E-state index is -0.565. The van der Waals surface area contributed by atoms with E-state index in [0.29, 0.717) is 24.3 Å². The molecule has 186 valence electrons. The molecule has 0 atom stereocenters. The first kappa shape index (κ1) is 24.7. The smallest absolute Gasteiger partial charge is 0.325 e. The van der Waals surface area contributed by atoms with E-state index >= 15 is 0 Å². The van der Waals surface area contributed by atoms with Crippen molar-refractivity contribution in [3.05, 3.63) is 89.2 Å². The molecule has 0 saturated heterocycles. The third-order valence-corrected chi connectivity index (χ3v) is 5.84. The molecule has 0 fully saturated rings. The third-order valence-electron chi connectivity index (χ3n) is 5.84. The molecule has 1 aliphatic rings. The summed E-state index contributed by atoms with van der Waals surface area (Å²) in [5.41, 5.74) is 5.09. The van der Waals surface area contributed by atoms with Crippen LogP contribution in [0.3, 0.4) is 0 Å². The van der Waals surface area contributed by atoms with Gasteiger partial charge in [-0.1, -0.05) is 30.3 Å². The summed E-state index contributed by atoms with van der Waals surface area (Å²) in [7, 11) is 0. The Bertz CT molecular complexity index is 1230. The van der Waals surface area contributed by atoms with E-state index in [1.54, 1.807) is 31.5 Å². The van der Waals surface area contributed by atoms with Gasteiger partial charge in [-0.15, -0.1) is 0 Å². The lowest BCUT2D eigenvalue weighted by molar-refractivity contribution is -0.141. The topological polar surface area (TPSA) is 113 Å². The van der Waals surface area contributed by atoms with E-state index in [2.05, 4.69) is 38.0 Å². The molecular weight excluding hydrogens is 458 g/mol. The van der Waals surface area contributed by atoms with Crippen LogP contribution >= 0.6 is 0 Å². The zero-order valence-corrected chi connectivity index (χ0v) is 20.1. The number of esters is 1. The number of fused-ring (bicyclic) bond motifs is 1. The molecule has 3 N–H and O–H groups in total. The van der Waals surface area contributed by atoms with Crippen LogP contribution in [0.15, 0.2) is 67.0 Å². The lowest BCUT2D eigenvalue weighted by Gasteiger charge is -2.32. The highest BCUT2D eigenvalue weighted by Crippen LogP contribution is 2.29. The minimum absolute atomic E-state index is 0.238. The van der Waals surface area contributed by atoms with Gasteiger partial charge >= 0.3 is 12.0 Å². The maximum absolute atomic E-state index is 13.3. The van der Waals surface area contributed by atoms with Crippen molar-refractivity contribution in [1.82, 2.24) is 15.6 Å². The van der Waals surface area contributed by atoms with E-state index < -0.39 is 12.0 Å². The van der Waals surface area contributed by atoms with E-state index in [4.69, 9.17) is 4.74 Å². The van der Waals surface area contributed by atoms with Crippen molar-refractivity contribution in [3.63, 3.8) is 0 Å². The highest BCUT2D eigenvalue weighted by Gasteiger charge is 2.22. The Morgan fingerprint density at radius 2 is 1.86 bits per heavy atom. The highest BCUT2D eigenvalue weighted by atomic mass is 16.5. The molecule has 0 bridgehead atoms. The molecular formula is C27H29N5O4. The first-order valence-corrected chi connectivity index (χ1v) is 11.9. The number of ether oxygens (including phenoxy) is 1. The summed E-state index contributed by atoms with van der Waals surface area (Å²) in [6, 6.07) is 16.7. The van der Waals surface area contributed by atoms with Gasteiger partial charge in [-0.25, -0.2) is 4.79 Å². The van der Waals surface area contributed by atoms with E-state index in [0.717, 1.165) is 24.2 Å². The minimum Gasteiger partial charge on any atom is -0.465 e. The Morgan fingerprint density at radius 3 is 2.64 bits per heavy atom. The number of nitrogens with one attached hydrogen (secondary N) is 3. The van der Waals surface area contributed by atoms with E-state index in [1.807, 2.05) is 30.3 Å². The molecule has 1 aromatic heterocycles. The van der Waals surface area contributed by atoms with Crippen molar-refractivity contribution >= 4 is 29.3 Å². The van der Waals surface area contributed by atoms with Gasteiger partial charge in [0.2, 0.25) is 0 Å². The van der Waals surface area contributed by atoms with Gasteiger partial charge in [0.15, 0.2) is 0 Å². The van der Waals surface area contributed by atoms with E-state index in [1.165, 1.54) is 11.1 Å². The van der Waals surface area contributed by atoms with Crippen molar-refractivity contribution in [2.24, 2.45) is 0 Å². The highest BCUT2D eigenvalue weighted by molar-refractivity contribution is 6.02. The molecule has 2 heterocycles. The normalized spacial score (nSPS) is 12.3. The zero-order valence-electron chi connectivity index (χ0n) is 20.1. The fourth-order valence-corrected chi connectivity index (χ4v) is 4.09. The maximum Gasteiger partial charge on any atom is 0.325 e. The van der Waals surface area contributed by atoms with Crippen molar-refractivity contribution in [3.8, 4) is 0 Å². The second-order valence-corrected chi connectivity index (χ2v) is 8.33. The Hall–Kier alpha value is -4.40. The average Bonchev–Trinajstić information content (AvgIpc) is 2.91. The number of carbonyl (C=O) groups is 3. The molecule has 0 radical (unpaired) electrons. The summed E-state index contributed by atoms with van der Waals surface area (Å²) in [4.78, 5) is 43.4. The Kier molecular flexibility index (Phi) is 8.12. The first-order chi connectivity index (χ1) is 17.5. The summed E-state index contributed by atoms with van der Waals surface area (Å²) in [6.07, 6.45) is 4.26. The van der Waals surface area contributed by atoms with E-state index in [9.17, 15) is 14.4 Å². The standard InChI is InChI=1S/C27H29N5O4/c1-2-36-25(33)17-30-27(35)31-22-9-10-24(32-13-11-20-7-3-4-8-21(20)18-32)23(14-22)26(34)29-16-19-6-5-12-28-15-19/h3-10,12,14-15H,2,11,13,16-18H2,1H3,(H,29,34)(H2,30,31,35). The zero-order chi connectivity index (χ0) is 25.3. The average molecular weight is 488 g/mol. The van der Waals surface area contributed by atoms with Crippen LogP contribution in [0.4, 0.5) is 16.2 Å². The Morgan fingerprint density at radius 1 is 1.03 bits per heavy atom. The number of aromatic nitrogens is 1. The number of benzene rings is 2. The summed E-state index contributed by atoms with van der Waals surface area (Å²) < 4.78 is 4.82. The molecule has 3 amide bonds. The molecule has 36 heavy (non-hydrogen) atoms. The lowest BCUT2D eigenvalue weighted by atomic mass is 9.98. The molecule has 0 aliphatic carbocycles. The van der Waals surface area contributed by atoms with Crippen molar-refractivity contribution in [1.29, 1.82) is 0 Å². The number of nitrogens with zero attached hydrogens (tertiary/aromatic N) is 2. The molecule has 0 unspecified atom stereocenters. The number of urea groups is 1. The molecule has 0 saturated carbocycles. The summed E-state index contributed by atoms with van der Waals surface area (Å²) in [5.74, 6) is -0.785. The summed E-state index contributed by atoms with van der Waals surface area (Å²) >= 11 is 0. The van der Waals surface area contributed by atoms with Gasteiger partial charge in [-0.05, 0) is 54.3 Å². The SMILES string of the molecule is CCOC(=O)CNC(=O)Nc1ccc(N2CCc3ccccc3C2)c(C(=O)NCc2cccnc2)c1. The van der Waals surface area contributed by atoms with Crippen LogP contribution < -0.4 is 20.9 Å². The van der Waals surface area contributed by atoms with Gasteiger partial charge in [-0.2, -0.15) is 0 Å². The van der Waals surface area contributed by atoms with Gasteiger partial charge in [0, 0.05) is 43.4 Å². The number of hydrogen-bond donors (Lipinski definition) is 3. The molecule has 4 rings (SSSR count). The van der Waals surface area contributed by atoms with Crippen LogP contribution in [0.25, 0.3) is 0 Å². The van der Waals surface area contributed by atoms with Gasteiger partial charge < -0.3 is 25.6 Å². The summed E-state index contributed by atoms with van der Waals surface area (Å²) in [6.45, 7) is 3.47.